The molecule has 0 spiro atoms. The number of likely N-dealkylation sites (tertiary alicyclic amines) is 1. The molecule has 200 valence electrons. The van der Waals surface area contributed by atoms with Crippen molar-refractivity contribution in [3.63, 3.8) is 0 Å². The first-order valence-electron chi connectivity index (χ1n) is 14.0. The van der Waals surface area contributed by atoms with Gasteiger partial charge >= 0.3 is 5.69 Å². The first kappa shape index (κ1) is 25.2. The first-order chi connectivity index (χ1) is 19.2. The number of nitrogens with zero attached hydrogens (tertiary/aromatic N) is 3. The number of anilines is 1. The summed E-state index contributed by atoms with van der Waals surface area (Å²) >= 11 is 0. The Balaban J connectivity index is 1.07. The summed E-state index contributed by atoms with van der Waals surface area (Å²) in [6.07, 6.45) is 4.30. The molecule has 3 aromatic carbocycles. The van der Waals surface area contributed by atoms with E-state index < -0.39 is 0 Å². The maximum Gasteiger partial charge on any atom is 0.326 e. The molecule has 1 aromatic heterocycles. The lowest BCUT2D eigenvalue weighted by Crippen LogP contribution is -2.38. The van der Waals surface area contributed by atoms with Crippen LogP contribution in [0.1, 0.15) is 42.9 Å². The van der Waals surface area contributed by atoms with Crippen LogP contribution in [0.5, 0.6) is 5.75 Å². The minimum atomic E-state index is -0.0284. The quantitative estimate of drug-likeness (QED) is 0.333. The number of nitrogens with one attached hydrogen (secondary N) is 1. The van der Waals surface area contributed by atoms with Gasteiger partial charge in [-0.25, -0.2) is 9.59 Å². The summed E-state index contributed by atoms with van der Waals surface area (Å²) in [5, 5.41) is 0. The minimum Gasteiger partial charge on any atom is -0.492 e. The van der Waals surface area contributed by atoms with Gasteiger partial charge in [-0.15, -0.1) is 0 Å². The zero-order valence-corrected chi connectivity index (χ0v) is 22.1. The first-order valence-corrected chi connectivity index (χ1v) is 14.0. The number of imidazole rings is 1. The third-order valence-corrected chi connectivity index (χ3v) is 8.10. The Morgan fingerprint density at radius 2 is 1.62 bits per heavy atom. The molecule has 0 bridgehead atoms. The van der Waals surface area contributed by atoms with E-state index in [1.165, 1.54) is 18.5 Å². The second-order valence-electron chi connectivity index (χ2n) is 10.5. The molecule has 0 radical (unpaired) electrons. The van der Waals surface area contributed by atoms with Gasteiger partial charge < -0.3 is 14.6 Å². The number of rotatable bonds is 8. The lowest BCUT2D eigenvalue weighted by Gasteiger charge is -2.32. The minimum absolute atomic E-state index is 0.0284. The predicted molar refractivity (Wildman–Crippen MR) is 155 cm³/mol. The Morgan fingerprint density at radius 1 is 0.897 bits per heavy atom. The molecule has 3 heterocycles. The van der Waals surface area contributed by atoms with Crippen LogP contribution in [-0.4, -0.2) is 59.7 Å². The topological polar surface area (TPSA) is 70.6 Å². The SMILES string of the molecule is O=C=C(c1ccc(N2CCCC2)cc1)c1ccccc1OCCN1CCC(n2c(=O)[nH]c3ccccc32)CC1. The largest absolute Gasteiger partial charge is 0.492 e. The molecular weight excluding hydrogens is 488 g/mol. The van der Waals surface area contributed by atoms with Gasteiger partial charge in [0.15, 0.2) is 0 Å². The van der Waals surface area contributed by atoms with Gasteiger partial charge in [-0.2, -0.15) is 0 Å². The van der Waals surface area contributed by atoms with Crippen LogP contribution >= 0.6 is 0 Å². The second kappa shape index (κ2) is 11.4. The number of piperidine rings is 1. The van der Waals surface area contributed by atoms with Crippen molar-refractivity contribution in [2.45, 2.75) is 31.7 Å². The number of para-hydroxylation sites is 3. The van der Waals surface area contributed by atoms with E-state index in [0.29, 0.717) is 17.9 Å². The van der Waals surface area contributed by atoms with Crippen molar-refractivity contribution in [2.24, 2.45) is 0 Å². The van der Waals surface area contributed by atoms with Crippen LogP contribution in [0, 0.1) is 0 Å². The van der Waals surface area contributed by atoms with E-state index >= 15 is 0 Å². The van der Waals surface area contributed by atoms with Gasteiger partial charge in [0.1, 0.15) is 18.3 Å². The molecule has 2 aliphatic rings. The van der Waals surface area contributed by atoms with Crippen LogP contribution in [-0.2, 0) is 4.79 Å². The van der Waals surface area contributed by atoms with Crippen LogP contribution in [0.3, 0.4) is 0 Å². The molecule has 0 aliphatic carbocycles. The molecule has 2 saturated heterocycles. The van der Waals surface area contributed by atoms with Crippen molar-refractivity contribution in [1.29, 1.82) is 0 Å². The van der Waals surface area contributed by atoms with Crippen molar-refractivity contribution in [2.75, 3.05) is 44.2 Å². The van der Waals surface area contributed by atoms with Crippen molar-refractivity contribution in [3.05, 3.63) is 94.4 Å². The lowest BCUT2D eigenvalue weighted by molar-refractivity contribution is 0.157. The highest BCUT2D eigenvalue weighted by atomic mass is 16.5. The van der Waals surface area contributed by atoms with Crippen LogP contribution in [0.2, 0.25) is 0 Å². The van der Waals surface area contributed by atoms with E-state index in [4.69, 9.17) is 4.74 Å². The van der Waals surface area contributed by atoms with Gasteiger partial charge in [-0.05, 0) is 67.6 Å². The number of fused-ring (bicyclic) bond motifs is 1. The summed E-state index contributed by atoms with van der Waals surface area (Å²) < 4.78 is 8.14. The Kier molecular flexibility index (Phi) is 7.35. The third-order valence-electron chi connectivity index (χ3n) is 8.10. The molecule has 7 heteroatoms. The zero-order valence-electron chi connectivity index (χ0n) is 22.1. The second-order valence-corrected chi connectivity index (χ2v) is 10.5. The molecule has 7 nitrogen and oxygen atoms in total. The molecule has 2 fully saturated rings. The van der Waals surface area contributed by atoms with Crippen LogP contribution in [0.15, 0.2) is 77.6 Å². The number of benzene rings is 3. The number of aromatic nitrogens is 2. The van der Waals surface area contributed by atoms with Gasteiger partial charge in [0, 0.05) is 50.0 Å². The summed E-state index contributed by atoms with van der Waals surface area (Å²) in [6, 6.07) is 24.0. The maximum atomic E-state index is 12.6. The van der Waals surface area contributed by atoms with E-state index in [0.717, 1.165) is 67.7 Å². The Bertz CT molecular complexity index is 1530. The fourth-order valence-electron chi connectivity index (χ4n) is 6.01. The number of H-pyrrole nitrogens is 1. The van der Waals surface area contributed by atoms with E-state index in [9.17, 15) is 9.59 Å². The normalized spacial score (nSPS) is 16.5. The molecule has 0 saturated carbocycles. The van der Waals surface area contributed by atoms with Gasteiger partial charge in [0.25, 0.3) is 0 Å². The Hall–Kier alpha value is -4.06. The molecule has 6 rings (SSSR count). The average molecular weight is 523 g/mol. The van der Waals surface area contributed by atoms with Crippen LogP contribution < -0.4 is 15.3 Å². The van der Waals surface area contributed by atoms with Crippen LogP contribution in [0.25, 0.3) is 16.6 Å². The molecule has 39 heavy (non-hydrogen) atoms. The number of hydrogen-bond donors (Lipinski definition) is 1. The predicted octanol–water partition coefficient (Wildman–Crippen LogP) is 4.91. The fraction of sp³-hybridized carbons (Fsp3) is 0.344. The molecule has 1 N–H and O–H groups in total. The van der Waals surface area contributed by atoms with Crippen molar-refractivity contribution < 1.29 is 9.53 Å². The smallest absolute Gasteiger partial charge is 0.326 e. The third kappa shape index (κ3) is 5.29. The maximum absolute atomic E-state index is 12.6. The highest BCUT2D eigenvalue weighted by molar-refractivity contribution is 5.98. The number of hydrogen-bond acceptors (Lipinski definition) is 5. The molecule has 0 unspecified atom stereocenters. The van der Waals surface area contributed by atoms with Crippen molar-refractivity contribution in [3.8, 4) is 5.75 Å². The monoisotopic (exact) mass is 522 g/mol. The lowest BCUT2D eigenvalue weighted by atomic mass is 9.98. The van der Waals surface area contributed by atoms with Crippen molar-refractivity contribution in [1.82, 2.24) is 14.5 Å². The number of ether oxygens (including phenoxy) is 1. The molecule has 4 aromatic rings. The fourth-order valence-corrected chi connectivity index (χ4v) is 6.01. The van der Waals surface area contributed by atoms with Gasteiger partial charge in [0.2, 0.25) is 0 Å². The number of aromatic amines is 1. The highest BCUT2D eigenvalue weighted by Crippen LogP contribution is 2.31. The molecular formula is C32H34N4O3. The van der Waals surface area contributed by atoms with Gasteiger partial charge in [-0.1, -0.05) is 36.4 Å². The van der Waals surface area contributed by atoms with E-state index in [-0.39, 0.29) is 11.7 Å². The van der Waals surface area contributed by atoms with E-state index in [1.807, 2.05) is 65.2 Å². The highest BCUT2D eigenvalue weighted by Gasteiger charge is 2.23. The summed E-state index contributed by atoms with van der Waals surface area (Å²) in [5.74, 6) is 2.87. The standard InChI is InChI=1S/C32H34N4O3/c37-23-28(24-11-13-25(14-12-24)35-17-5-6-18-35)27-7-1-4-10-31(27)39-22-21-34-19-15-26(16-20-34)36-30-9-3-2-8-29(30)33-32(36)38/h1-4,7-14,26H,5-6,15-22H2,(H,33,38). The average Bonchev–Trinajstić information content (AvgIpc) is 3.63. The Morgan fingerprint density at radius 3 is 2.38 bits per heavy atom. The van der Waals surface area contributed by atoms with Gasteiger partial charge in [-0.3, -0.25) is 9.47 Å². The van der Waals surface area contributed by atoms with Crippen molar-refractivity contribution >= 4 is 28.2 Å². The molecule has 0 atom stereocenters. The summed E-state index contributed by atoms with van der Waals surface area (Å²) in [4.78, 5) is 32.4. The zero-order chi connectivity index (χ0) is 26.6. The number of carbonyl (C=O) groups excluding carboxylic acids is 1. The van der Waals surface area contributed by atoms with Gasteiger partial charge in [0.05, 0.1) is 16.6 Å². The summed E-state index contributed by atoms with van der Waals surface area (Å²) in [5.41, 5.74) is 5.17. The summed E-state index contributed by atoms with van der Waals surface area (Å²) in [7, 11) is 0. The van der Waals surface area contributed by atoms with E-state index in [1.54, 1.807) is 0 Å². The van der Waals surface area contributed by atoms with E-state index in [2.05, 4.69) is 32.9 Å². The summed E-state index contributed by atoms with van der Waals surface area (Å²) in [6.45, 7) is 5.30. The van der Waals surface area contributed by atoms with Crippen LogP contribution in [0.4, 0.5) is 5.69 Å². The Labute approximate surface area is 228 Å². The molecule has 0 amide bonds. The molecule has 2 aliphatic heterocycles.